The van der Waals surface area contributed by atoms with Crippen LogP contribution in [0.4, 0.5) is 0 Å². The zero-order valence-electron chi connectivity index (χ0n) is 14.3. The number of aryl methyl sites for hydroxylation is 1. The molecular formula is C19H26N4. The van der Waals surface area contributed by atoms with E-state index in [1.165, 1.54) is 25.2 Å². The van der Waals surface area contributed by atoms with Crippen molar-refractivity contribution in [2.24, 2.45) is 17.8 Å². The van der Waals surface area contributed by atoms with Crippen molar-refractivity contribution in [2.75, 3.05) is 33.7 Å². The van der Waals surface area contributed by atoms with Crippen LogP contribution in [0.3, 0.4) is 0 Å². The van der Waals surface area contributed by atoms with Gasteiger partial charge in [-0.3, -0.25) is 4.90 Å². The molecule has 0 spiro atoms. The second-order valence-corrected chi connectivity index (χ2v) is 7.47. The van der Waals surface area contributed by atoms with Gasteiger partial charge in [0, 0.05) is 37.9 Å². The number of fused-ring (bicyclic) bond motifs is 1. The topological polar surface area (TPSA) is 24.3 Å². The zero-order valence-corrected chi connectivity index (χ0v) is 14.3. The summed E-state index contributed by atoms with van der Waals surface area (Å²) in [7, 11) is 4.38. The van der Waals surface area contributed by atoms with E-state index in [1.807, 2.05) is 10.7 Å². The molecule has 122 valence electrons. The Bertz CT molecular complexity index is 664. The first-order valence-corrected chi connectivity index (χ1v) is 8.59. The summed E-state index contributed by atoms with van der Waals surface area (Å²) in [5.74, 6) is 2.80. The second kappa shape index (κ2) is 5.77. The predicted octanol–water partition coefficient (Wildman–Crippen LogP) is 2.42. The molecule has 2 aliphatic rings. The predicted molar refractivity (Wildman–Crippen MR) is 92.6 cm³/mol. The molecule has 1 saturated carbocycles. The summed E-state index contributed by atoms with van der Waals surface area (Å²) in [6.45, 7) is 6.95. The van der Waals surface area contributed by atoms with Crippen molar-refractivity contribution in [2.45, 2.75) is 13.5 Å². The number of piperidine rings is 1. The maximum atomic E-state index is 4.69. The van der Waals surface area contributed by atoms with E-state index in [0.717, 1.165) is 35.7 Å². The monoisotopic (exact) mass is 310 g/mol. The third-order valence-corrected chi connectivity index (χ3v) is 5.44. The van der Waals surface area contributed by atoms with Crippen LogP contribution in [-0.2, 0) is 6.54 Å². The molecule has 1 aliphatic heterocycles. The summed E-state index contributed by atoms with van der Waals surface area (Å²) < 4.78 is 2.01. The van der Waals surface area contributed by atoms with Crippen molar-refractivity contribution in [3.05, 3.63) is 47.8 Å². The highest BCUT2D eigenvalue weighted by molar-refractivity contribution is 5.32. The van der Waals surface area contributed by atoms with Gasteiger partial charge in [0.2, 0.25) is 0 Å². The van der Waals surface area contributed by atoms with Crippen LogP contribution in [-0.4, -0.2) is 53.3 Å². The van der Waals surface area contributed by atoms with Gasteiger partial charge in [0.15, 0.2) is 0 Å². The van der Waals surface area contributed by atoms with Crippen molar-refractivity contribution in [1.82, 2.24) is 19.6 Å². The molecule has 2 fully saturated rings. The van der Waals surface area contributed by atoms with Gasteiger partial charge in [-0.2, -0.15) is 5.10 Å². The van der Waals surface area contributed by atoms with E-state index in [9.17, 15) is 0 Å². The summed E-state index contributed by atoms with van der Waals surface area (Å²) in [5, 5.41) is 4.69. The number of hydrogen-bond donors (Lipinski definition) is 0. The van der Waals surface area contributed by atoms with Crippen molar-refractivity contribution < 1.29 is 0 Å². The van der Waals surface area contributed by atoms with E-state index in [0.29, 0.717) is 0 Å². The van der Waals surface area contributed by atoms with Crippen LogP contribution in [0.2, 0.25) is 0 Å². The van der Waals surface area contributed by atoms with Crippen molar-refractivity contribution >= 4 is 0 Å². The molecule has 1 unspecified atom stereocenters. The molecule has 4 rings (SSSR count). The van der Waals surface area contributed by atoms with E-state index < -0.39 is 0 Å². The molecule has 1 saturated heterocycles. The molecule has 3 atom stereocenters. The highest BCUT2D eigenvalue weighted by Crippen LogP contribution is 2.52. The maximum Gasteiger partial charge on any atom is 0.0645 e. The molecule has 2 aromatic rings. The number of likely N-dealkylation sites (tertiary alicyclic amines) is 1. The minimum atomic E-state index is 0.932. The number of benzene rings is 1. The minimum Gasteiger partial charge on any atom is -0.309 e. The first-order valence-electron chi connectivity index (χ1n) is 8.59. The van der Waals surface area contributed by atoms with E-state index in [2.05, 4.69) is 61.3 Å². The van der Waals surface area contributed by atoms with Gasteiger partial charge in [-0.1, -0.05) is 18.2 Å². The summed E-state index contributed by atoms with van der Waals surface area (Å²) in [6.07, 6.45) is 2.20. The third kappa shape index (κ3) is 2.93. The lowest BCUT2D eigenvalue weighted by molar-refractivity contribution is 0.257. The fourth-order valence-electron chi connectivity index (χ4n) is 4.16. The third-order valence-electron chi connectivity index (χ3n) is 5.44. The first-order chi connectivity index (χ1) is 11.1. The number of rotatable bonds is 5. The molecule has 1 aromatic carbocycles. The SMILES string of the molecule is Cc1nn(-c2ccccc2)cc1CN1C[C@@H]2C(CN(C)C)[C@@H]2C1. The molecule has 4 nitrogen and oxygen atoms in total. The molecule has 0 bridgehead atoms. The lowest BCUT2D eigenvalue weighted by atomic mass is 10.2. The standard InChI is InChI=1S/C19H26N4/c1-14-15(10-23(20-14)16-7-5-4-6-8-16)9-22-12-18-17(11-21(2)3)19(18)13-22/h4-8,10,17-19H,9,11-13H2,1-3H3/t17?,18-,19+. The van der Waals surface area contributed by atoms with Gasteiger partial charge in [-0.25, -0.2) is 4.68 Å². The Hall–Kier alpha value is -1.65. The Morgan fingerprint density at radius 3 is 2.48 bits per heavy atom. The smallest absolute Gasteiger partial charge is 0.0645 e. The van der Waals surface area contributed by atoms with E-state index in [1.54, 1.807) is 0 Å². The van der Waals surface area contributed by atoms with E-state index in [4.69, 9.17) is 5.10 Å². The minimum absolute atomic E-state index is 0.932. The average molecular weight is 310 g/mol. The molecule has 23 heavy (non-hydrogen) atoms. The van der Waals surface area contributed by atoms with E-state index in [-0.39, 0.29) is 0 Å². The van der Waals surface area contributed by atoms with Gasteiger partial charge in [0.05, 0.1) is 11.4 Å². The molecule has 4 heteroatoms. The van der Waals surface area contributed by atoms with Crippen LogP contribution in [0.15, 0.2) is 36.5 Å². The summed E-state index contributed by atoms with van der Waals surface area (Å²) >= 11 is 0. The van der Waals surface area contributed by atoms with Crippen LogP contribution < -0.4 is 0 Å². The largest absolute Gasteiger partial charge is 0.309 e. The van der Waals surface area contributed by atoms with Gasteiger partial charge < -0.3 is 4.90 Å². The van der Waals surface area contributed by atoms with Gasteiger partial charge >= 0.3 is 0 Å². The summed E-state index contributed by atoms with van der Waals surface area (Å²) in [5.41, 5.74) is 3.65. The first kappa shape index (κ1) is 14.9. The molecule has 0 radical (unpaired) electrons. The molecule has 0 amide bonds. The van der Waals surface area contributed by atoms with Crippen molar-refractivity contribution in [1.29, 1.82) is 0 Å². The van der Waals surface area contributed by atoms with E-state index >= 15 is 0 Å². The Kier molecular flexibility index (Phi) is 3.74. The summed E-state index contributed by atoms with van der Waals surface area (Å²) in [4.78, 5) is 4.95. The highest BCUT2D eigenvalue weighted by Gasteiger charge is 2.55. The zero-order chi connectivity index (χ0) is 16.0. The molecule has 1 aromatic heterocycles. The number of para-hydroxylation sites is 1. The second-order valence-electron chi connectivity index (χ2n) is 7.47. The highest BCUT2D eigenvalue weighted by atomic mass is 15.3. The fourth-order valence-corrected chi connectivity index (χ4v) is 4.16. The molecule has 2 heterocycles. The lowest BCUT2D eigenvalue weighted by Crippen LogP contribution is -2.27. The van der Waals surface area contributed by atoms with Crippen LogP contribution in [0.25, 0.3) is 5.69 Å². The normalized spacial score (nSPS) is 26.7. The fraction of sp³-hybridized carbons (Fsp3) is 0.526. The molecule has 0 N–H and O–H groups in total. The van der Waals surface area contributed by atoms with Crippen LogP contribution >= 0.6 is 0 Å². The van der Waals surface area contributed by atoms with Gasteiger partial charge in [0.1, 0.15) is 0 Å². The quantitative estimate of drug-likeness (QED) is 0.848. The Balaban J connectivity index is 1.39. The van der Waals surface area contributed by atoms with Gasteiger partial charge in [-0.15, -0.1) is 0 Å². The lowest BCUT2D eigenvalue weighted by Gasteiger charge is -2.20. The molecular weight excluding hydrogens is 284 g/mol. The maximum absolute atomic E-state index is 4.69. The Morgan fingerprint density at radius 1 is 1.13 bits per heavy atom. The van der Waals surface area contributed by atoms with Crippen molar-refractivity contribution in [3.63, 3.8) is 0 Å². The number of hydrogen-bond acceptors (Lipinski definition) is 3. The number of nitrogens with zero attached hydrogens (tertiary/aromatic N) is 4. The van der Waals surface area contributed by atoms with Gasteiger partial charge in [-0.05, 0) is 50.9 Å². The van der Waals surface area contributed by atoms with Crippen molar-refractivity contribution in [3.8, 4) is 5.69 Å². The van der Waals surface area contributed by atoms with Gasteiger partial charge in [0.25, 0.3) is 0 Å². The Morgan fingerprint density at radius 2 is 1.83 bits per heavy atom. The Labute approximate surface area is 138 Å². The molecule has 1 aliphatic carbocycles. The number of aromatic nitrogens is 2. The summed E-state index contributed by atoms with van der Waals surface area (Å²) in [6, 6.07) is 10.4. The average Bonchev–Trinajstić information content (AvgIpc) is 2.89. The van der Waals surface area contributed by atoms with Crippen LogP contribution in [0.5, 0.6) is 0 Å². The van der Waals surface area contributed by atoms with Crippen LogP contribution in [0, 0.1) is 24.7 Å². The van der Waals surface area contributed by atoms with Crippen LogP contribution in [0.1, 0.15) is 11.3 Å².